The van der Waals surface area contributed by atoms with E-state index in [2.05, 4.69) is 4.98 Å². The molecule has 0 aliphatic rings. The van der Waals surface area contributed by atoms with Gasteiger partial charge in [0.1, 0.15) is 0 Å². The Balaban J connectivity index is 2.31. The molecular formula is C11H8FN3O3. The van der Waals surface area contributed by atoms with E-state index in [4.69, 9.17) is 0 Å². The van der Waals surface area contributed by atoms with Gasteiger partial charge >= 0.3 is 11.4 Å². The number of aromatic nitrogens is 2. The predicted molar refractivity (Wildman–Crippen MR) is 60.7 cm³/mol. The molecule has 0 fully saturated rings. The highest BCUT2D eigenvalue weighted by Crippen LogP contribution is 2.18. The van der Waals surface area contributed by atoms with Crippen LogP contribution in [0.3, 0.4) is 0 Å². The normalized spacial score (nSPS) is 10.3. The minimum absolute atomic E-state index is 0.113. The summed E-state index contributed by atoms with van der Waals surface area (Å²) in [5.74, 6) is -0.922. The van der Waals surface area contributed by atoms with E-state index >= 15 is 0 Å². The molecule has 2 rings (SSSR count). The molecule has 0 radical (unpaired) electrons. The van der Waals surface area contributed by atoms with Crippen molar-refractivity contribution in [1.29, 1.82) is 0 Å². The summed E-state index contributed by atoms with van der Waals surface area (Å²) in [6.45, 7) is 0.113. The Morgan fingerprint density at radius 2 is 2.22 bits per heavy atom. The average Bonchev–Trinajstić information content (AvgIpc) is 2.32. The number of hydrogen-bond acceptors (Lipinski definition) is 4. The number of nitro benzene ring substituents is 1. The van der Waals surface area contributed by atoms with Gasteiger partial charge in [0.2, 0.25) is 5.82 Å². The van der Waals surface area contributed by atoms with E-state index in [0.29, 0.717) is 5.56 Å². The highest BCUT2D eigenvalue weighted by molar-refractivity contribution is 5.35. The van der Waals surface area contributed by atoms with Gasteiger partial charge in [0.15, 0.2) is 0 Å². The molecule has 92 valence electrons. The number of nitro groups is 1. The molecule has 6 nitrogen and oxygen atoms in total. The molecule has 1 aromatic carbocycles. The molecule has 1 aromatic heterocycles. The zero-order chi connectivity index (χ0) is 13.1. The Bertz CT molecular complexity index is 654. The maximum Gasteiger partial charge on any atom is 0.347 e. The van der Waals surface area contributed by atoms with Crippen LogP contribution >= 0.6 is 0 Å². The minimum Gasteiger partial charge on any atom is -0.295 e. The maximum atomic E-state index is 13.4. The lowest BCUT2D eigenvalue weighted by Crippen LogP contribution is -2.21. The van der Waals surface area contributed by atoms with Crippen molar-refractivity contribution in [2.75, 3.05) is 0 Å². The maximum absolute atomic E-state index is 13.4. The fourth-order valence-corrected chi connectivity index (χ4v) is 1.50. The van der Waals surface area contributed by atoms with Gasteiger partial charge in [-0.1, -0.05) is 6.07 Å². The van der Waals surface area contributed by atoms with Crippen LogP contribution < -0.4 is 5.69 Å². The van der Waals surface area contributed by atoms with Gasteiger partial charge in [0, 0.05) is 18.5 Å². The molecule has 0 saturated heterocycles. The van der Waals surface area contributed by atoms with E-state index in [9.17, 15) is 19.3 Å². The molecule has 0 amide bonds. The third-order valence-electron chi connectivity index (χ3n) is 2.34. The van der Waals surface area contributed by atoms with Gasteiger partial charge < -0.3 is 0 Å². The first kappa shape index (κ1) is 11.9. The van der Waals surface area contributed by atoms with Crippen LogP contribution in [0.4, 0.5) is 10.1 Å². The van der Waals surface area contributed by atoms with Gasteiger partial charge in [-0.15, -0.1) is 0 Å². The van der Waals surface area contributed by atoms with Crippen molar-refractivity contribution in [2.45, 2.75) is 6.54 Å². The molecule has 2 aromatic rings. The predicted octanol–water partition coefficient (Wildman–Crippen LogP) is 1.34. The first-order valence-electron chi connectivity index (χ1n) is 5.02. The zero-order valence-electron chi connectivity index (χ0n) is 9.12. The third-order valence-corrected chi connectivity index (χ3v) is 2.34. The molecule has 0 bridgehead atoms. The van der Waals surface area contributed by atoms with Crippen LogP contribution in [0, 0.1) is 15.9 Å². The first-order valence-corrected chi connectivity index (χ1v) is 5.02. The molecule has 18 heavy (non-hydrogen) atoms. The van der Waals surface area contributed by atoms with Crippen molar-refractivity contribution in [1.82, 2.24) is 9.55 Å². The second-order valence-corrected chi connectivity index (χ2v) is 3.57. The van der Waals surface area contributed by atoms with E-state index in [1.54, 1.807) is 6.07 Å². The Morgan fingerprint density at radius 1 is 1.44 bits per heavy atom. The smallest absolute Gasteiger partial charge is 0.295 e. The molecule has 0 unspecified atom stereocenters. The van der Waals surface area contributed by atoms with Gasteiger partial charge in [-0.05, 0) is 17.7 Å². The Hall–Kier alpha value is -2.57. The largest absolute Gasteiger partial charge is 0.347 e. The quantitative estimate of drug-likeness (QED) is 0.607. The SMILES string of the molecule is O=c1ncccn1Cc1ccc([N+](=O)[O-])c(F)c1. The summed E-state index contributed by atoms with van der Waals surface area (Å²) < 4.78 is 14.6. The third kappa shape index (κ3) is 2.40. The lowest BCUT2D eigenvalue weighted by molar-refractivity contribution is -0.387. The van der Waals surface area contributed by atoms with E-state index in [0.717, 1.165) is 12.1 Å². The van der Waals surface area contributed by atoms with Crippen molar-refractivity contribution in [2.24, 2.45) is 0 Å². The summed E-state index contributed by atoms with van der Waals surface area (Å²) in [6.07, 6.45) is 2.86. The zero-order valence-corrected chi connectivity index (χ0v) is 9.12. The Labute approximate surface area is 100 Å². The lowest BCUT2D eigenvalue weighted by atomic mass is 10.2. The molecule has 0 N–H and O–H groups in total. The van der Waals surface area contributed by atoms with Crippen LogP contribution in [-0.2, 0) is 6.54 Å². The van der Waals surface area contributed by atoms with Gasteiger partial charge in [0.05, 0.1) is 11.5 Å². The van der Waals surface area contributed by atoms with Crippen LogP contribution in [0.15, 0.2) is 41.5 Å². The number of halogens is 1. The number of hydrogen-bond donors (Lipinski definition) is 0. The fourth-order valence-electron chi connectivity index (χ4n) is 1.50. The van der Waals surface area contributed by atoms with E-state index in [1.165, 1.54) is 23.0 Å². The van der Waals surface area contributed by atoms with Crippen molar-refractivity contribution in [3.05, 3.63) is 68.6 Å². The number of nitrogens with zero attached hydrogens (tertiary/aromatic N) is 3. The summed E-state index contributed by atoms with van der Waals surface area (Å²) >= 11 is 0. The molecule has 0 saturated carbocycles. The van der Waals surface area contributed by atoms with E-state index in [-0.39, 0.29) is 6.54 Å². The molecule has 1 heterocycles. The van der Waals surface area contributed by atoms with Crippen LogP contribution in [0.2, 0.25) is 0 Å². The summed E-state index contributed by atoms with van der Waals surface area (Å²) in [7, 11) is 0. The van der Waals surface area contributed by atoms with Crippen LogP contribution in [-0.4, -0.2) is 14.5 Å². The van der Waals surface area contributed by atoms with E-state index < -0.39 is 22.1 Å². The summed E-state index contributed by atoms with van der Waals surface area (Å²) in [5, 5.41) is 10.4. The monoisotopic (exact) mass is 249 g/mol. The second-order valence-electron chi connectivity index (χ2n) is 3.57. The van der Waals surface area contributed by atoms with Crippen LogP contribution in [0.1, 0.15) is 5.56 Å². The molecular weight excluding hydrogens is 241 g/mol. The minimum atomic E-state index is -0.922. The first-order chi connectivity index (χ1) is 8.58. The fraction of sp³-hybridized carbons (Fsp3) is 0.0909. The standard InChI is InChI=1S/C11H8FN3O3/c12-9-6-8(2-3-10(9)15(17)18)7-14-5-1-4-13-11(14)16/h1-6H,7H2. The van der Waals surface area contributed by atoms with Crippen LogP contribution in [0.25, 0.3) is 0 Å². The van der Waals surface area contributed by atoms with Crippen molar-refractivity contribution < 1.29 is 9.31 Å². The lowest BCUT2D eigenvalue weighted by Gasteiger charge is -2.04. The van der Waals surface area contributed by atoms with Gasteiger partial charge in [-0.25, -0.2) is 9.78 Å². The average molecular weight is 249 g/mol. The molecule has 0 aliphatic heterocycles. The molecule has 7 heteroatoms. The highest BCUT2D eigenvalue weighted by atomic mass is 19.1. The topological polar surface area (TPSA) is 78.0 Å². The van der Waals surface area contributed by atoms with E-state index in [1.807, 2.05) is 0 Å². The highest BCUT2D eigenvalue weighted by Gasteiger charge is 2.13. The second kappa shape index (κ2) is 4.74. The molecule has 0 atom stereocenters. The van der Waals surface area contributed by atoms with Crippen LogP contribution in [0.5, 0.6) is 0 Å². The summed E-state index contributed by atoms with van der Waals surface area (Å²) in [5.41, 5.74) is -0.596. The van der Waals surface area contributed by atoms with Gasteiger partial charge in [-0.3, -0.25) is 14.7 Å². The number of rotatable bonds is 3. The number of benzene rings is 1. The van der Waals surface area contributed by atoms with Crippen molar-refractivity contribution in [3.8, 4) is 0 Å². The van der Waals surface area contributed by atoms with Gasteiger partial charge in [-0.2, -0.15) is 4.39 Å². The van der Waals surface area contributed by atoms with Crippen molar-refractivity contribution >= 4 is 5.69 Å². The molecule has 0 aliphatic carbocycles. The summed E-state index contributed by atoms with van der Waals surface area (Å²) in [4.78, 5) is 24.5. The Morgan fingerprint density at radius 3 is 2.83 bits per heavy atom. The van der Waals surface area contributed by atoms with Crippen molar-refractivity contribution in [3.63, 3.8) is 0 Å². The molecule has 0 spiro atoms. The van der Waals surface area contributed by atoms with Gasteiger partial charge in [0.25, 0.3) is 0 Å². The summed E-state index contributed by atoms with van der Waals surface area (Å²) in [6, 6.07) is 5.09. The Kier molecular flexibility index (Phi) is 3.13.